The number of halogens is 3. The number of pyridine rings is 1. The molecule has 1 aliphatic rings. The maximum atomic E-state index is 13.0. The number of rotatable bonds is 6. The van der Waals surface area contributed by atoms with Crippen LogP contribution in [-0.2, 0) is 15.7 Å². The summed E-state index contributed by atoms with van der Waals surface area (Å²) in [4.78, 5) is 23.5. The predicted octanol–water partition coefficient (Wildman–Crippen LogP) is 5.60. The molecule has 3 aromatic heterocycles. The zero-order valence-corrected chi connectivity index (χ0v) is 20.0. The first-order valence-corrected chi connectivity index (χ1v) is 12.0. The Morgan fingerprint density at radius 3 is 2.43 bits per heavy atom. The van der Waals surface area contributed by atoms with Gasteiger partial charge in [0.1, 0.15) is 11.8 Å². The minimum absolute atomic E-state index is 0.000813. The molecular formula is C26H24F3N5O3. The third-order valence-electron chi connectivity index (χ3n) is 6.33. The highest BCUT2D eigenvalue weighted by molar-refractivity contribution is 5.79. The maximum absolute atomic E-state index is 13.0. The fraction of sp³-hybridized carbons (Fsp3) is 0.346. The lowest BCUT2D eigenvalue weighted by Crippen LogP contribution is -2.29. The first-order valence-electron chi connectivity index (χ1n) is 12.0. The molecule has 0 saturated heterocycles. The summed E-state index contributed by atoms with van der Waals surface area (Å²) < 4.78 is 50.0. The Labute approximate surface area is 210 Å². The van der Waals surface area contributed by atoms with Crippen molar-refractivity contribution in [3.8, 4) is 28.7 Å². The van der Waals surface area contributed by atoms with Crippen LogP contribution >= 0.6 is 0 Å². The van der Waals surface area contributed by atoms with E-state index in [1.807, 2.05) is 6.07 Å². The number of nitrogens with one attached hydrogen (secondary N) is 1. The summed E-state index contributed by atoms with van der Waals surface area (Å²) in [5.41, 5.74) is 1.64. The molecule has 0 bridgehead atoms. The second kappa shape index (κ2) is 10.2. The molecule has 8 nitrogen and oxygen atoms in total. The Morgan fingerprint density at radius 2 is 1.78 bits per heavy atom. The molecule has 11 heteroatoms. The number of alkyl halides is 3. The van der Waals surface area contributed by atoms with Crippen LogP contribution in [0.25, 0.3) is 33.8 Å². The number of H-pyrrole nitrogens is 1. The van der Waals surface area contributed by atoms with Crippen LogP contribution in [0.15, 0.2) is 48.7 Å². The Bertz CT molecular complexity index is 1380. The average molecular weight is 512 g/mol. The van der Waals surface area contributed by atoms with Crippen molar-refractivity contribution in [3.63, 3.8) is 0 Å². The van der Waals surface area contributed by atoms with Crippen LogP contribution in [0.2, 0.25) is 0 Å². The van der Waals surface area contributed by atoms with E-state index in [1.165, 1.54) is 6.07 Å². The van der Waals surface area contributed by atoms with Crippen LogP contribution in [0.1, 0.15) is 38.2 Å². The highest BCUT2D eigenvalue weighted by Crippen LogP contribution is 2.32. The lowest BCUT2D eigenvalue weighted by molar-refractivity contribution is -0.149. The van der Waals surface area contributed by atoms with E-state index in [4.69, 9.17) is 9.47 Å². The number of ether oxygens (including phenoxy) is 2. The van der Waals surface area contributed by atoms with E-state index < -0.39 is 11.7 Å². The third kappa shape index (κ3) is 5.55. The average Bonchev–Trinajstić information content (AvgIpc) is 3.33. The molecule has 0 spiro atoms. The fourth-order valence-corrected chi connectivity index (χ4v) is 4.37. The van der Waals surface area contributed by atoms with Gasteiger partial charge in [0.25, 0.3) is 0 Å². The van der Waals surface area contributed by atoms with Crippen LogP contribution < -0.4 is 4.74 Å². The zero-order chi connectivity index (χ0) is 26.0. The second-order valence-electron chi connectivity index (χ2n) is 8.85. The van der Waals surface area contributed by atoms with Gasteiger partial charge in [-0.2, -0.15) is 13.2 Å². The van der Waals surface area contributed by atoms with E-state index >= 15 is 0 Å². The third-order valence-corrected chi connectivity index (χ3v) is 6.33. The summed E-state index contributed by atoms with van der Waals surface area (Å²) in [6, 6.07) is 10.4. The minimum Gasteiger partial charge on any atom is -0.474 e. The lowest BCUT2D eigenvalue weighted by Gasteiger charge is -2.27. The molecule has 0 amide bonds. The molecule has 0 radical (unpaired) electrons. The van der Waals surface area contributed by atoms with Gasteiger partial charge in [-0.1, -0.05) is 0 Å². The van der Waals surface area contributed by atoms with E-state index in [9.17, 15) is 18.0 Å². The van der Waals surface area contributed by atoms with Crippen molar-refractivity contribution >= 4 is 17.0 Å². The van der Waals surface area contributed by atoms with Gasteiger partial charge in [-0.3, -0.25) is 4.79 Å². The highest BCUT2D eigenvalue weighted by Gasteiger charge is 2.31. The quantitative estimate of drug-likeness (QED) is 0.336. The number of aromatic amines is 1. The highest BCUT2D eigenvalue weighted by atomic mass is 19.4. The van der Waals surface area contributed by atoms with Gasteiger partial charge in [0.05, 0.1) is 34.8 Å². The molecule has 0 unspecified atom stereocenters. The van der Waals surface area contributed by atoms with Gasteiger partial charge in [0.2, 0.25) is 5.88 Å². The van der Waals surface area contributed by atoms with Crippen molar-refractivity contribution in [3.05, 3.63) is 54.2 Å². The number of fused-ring (bicyclic) bond motifs is 1. The Kier molecular flexibility index (Phi) is 6.77. The Balaban J connectivity index is 1.22. The molecule has 3 heterocycles. The minimum atomic E-state index is -4.43. The number of hydrogen-bond acceptors (Lipinski definition) is 7. The summed E-state index contributed by atoms with van der Waals surface area (Å²) in [6.07, 6.45) is 0.205. The van der Waals surface area contributed by atoms with Gasteiger partial charge in [0.15, 0.2) is 5.82 Å². The maximum Gasteiger partial charge on any atom is 0.416 e. The summed E-state index contributed by atoms with van der Waals surface area (Å²) in [7, 11) is 0. The topological polar surface area (TPSA) is 103 Å². The Morgan fingerprint density at radius 1 is 1.03 bits per heavy atom. The molecule has 4 aromatic rings. The first kappa shape index (κ1) is 24.7. The molecule has 37 heavy (non-hydrogen) atoms. The lowest BCUT2D eigenvalue weighted by atomic mass is 9.87. The SMILES string of the molecule is CCOC(=O)C1CCC(Oc2ccc(-c3ccc(-c4nc5ccc(C(F)(F)F)cc5[nH]4)nn3)cn2)CC1. The van der Waals surface area contributed by atoms with Gasteiger partial charge in [-0.25, -0.2) is 9.97 Å². The van der Waals surface area contributed by atoms with E-state index in [1.54, 1.807) is 31.3 Å². The van der Waals surface area contributed by atoms with E-state index in [2.05, 4.69) is 25.1 Å². The van der Waals surface area contributed by atoms with Gasteiger partial charge < -0.3 is 14.5 Å². The number of carbonyl (C=O) groups is 1. The summed E-state index contributed by atoms with van der Waals surface area (Å²) >= 11 is 0. The predicted molar refractivity (Wildman–Crippen MR) is 128 cm³/mol. The number of nitrogens with zero attached hydrogens (tertiary/aromatic N) is 4. The molecule has 1 aliphatic carbocycles. The van der Waals surface area contributed by atoms with Crippen molar-refractivity contribution in [2.24, 2.45) is 5.92 Å². The van der Waals surface area contributed by atoms with Crippen molar-refractivity contribution in [1.29, 1.82) is 0 Å². The summed E-state index contributed by atoms with van der Waals surface area (Å²) in [5.74, 6) is 0.626. The molecular weight excluding hydrogens is 487 g/mol. The number of imidazole rings is 1. The van der Waals surface area contributed by atoms with Crippen LogP contribution in [0.3, 0.4) is 0 Å². The molecule has 1 aromatic carbocycles. The van der Waals surface area contributed by atoms with Gasteiger partial charge in [0, 0.05) is 17.8 Å². The molecule has 0 aliphatic heterocycles. The molecule has 1 N–H and O–H groups in total. The number of esters is 1. The standard InChI is InChI=1S/C26H24F3N5O3/c1-2-36-25(35)15-3-7-18(8-4-15)37-23-12-5-16(14-30-23)19-10-11-21(34-33-19)24-31-20-9-6-17(26(27,28)29)13-22(20)32-24/h5-6,9-15,18H,2-4,7-8H2,1H3,(H,31,32). The normalized spacial score (nSPS) is 18.1. The Hall–Kier alpha value is -4.02. The van der Waals surface area contributed by atoms with Gasteiger partial charge in [-0.05, 0) is 69.0 Å². The van der Waals surface area contributed by atoms with Gasteiger partial charge >= 0.3 is 12.1 Å². The number of benzene rings is 1. The summed E-state index contributed by atoms with van der Waals surface area (Å²) in [5, 5.41) is 8.40. The van der Waals surface area contributed by atoms with E-state index in [0.29, 0.717) is 35.2 Å². The molecule has 192 valence electrons. The van der Waals surface area contributed by atoms with Crippen LogP contribution in [0, 0.1) is 5.92 Å². The van der Waals surface area contributed by atoms with E-state index in [0.717, 1.165) is 43.4 Å². The van der Waals surface area contributed by atoms with Crippen LogP contribution in [-0.4, -0.2) is 43.8 Å². The largest absolute Gasteiger partial charge is 0.474 e. The number of hydrogen-bond donors (Lipinski definition) is 1. The zero-order valence-electron chi connectivity index (χ0n) is 20.0. The molecule has 1 saturated carbocycles. The molecule has 0 atom stereocenters. The smallest absolute Gasteiger partial charge is 0.416 e. The second-order valence-corrected chi connectivity index (χ2v) is 8.85. The molecule has 1 fully saturated rings. The molecule has 5 rings (SSSR count). The van der Waals surface area contributed by atoms with Gasteiger partial charge in [-0.15, -0.1) is 10.2 Å². The summed E-state index contributed by atoms with van der Waals surface area (Å²) in [6.45, 7) is 2.20. The fourth-order valence-electron chi connectivity index (χ4n) is 4.37. The van der Waals surface area contributed by atoms with E-state index in [-0.39, 0.29) is 23.5 Å². The van der Waals surface area contributed by atoms with Crippen LogP contribution in [0.5, 0.6) is 5.88 Å². The van der Waals surface area contributed by atoms with Crippen molar-refractivity contribution in [1.82, 2.24) is 25.1 Å². The van der Waals surface area contributed by atoms with Crippen molar-refractivity contribution < 1.29 is 27.4 Å². The van der Waals surface area contributed by atoms with Crippen molar-refractivity contribution in [2.75, 3.05) is 6.61 Å². The van der Waals surface area contributed by atoms with Crippen LogP contribution in [0.4, 0.5) is 13.2 Å². The number of aromatic nitrogens is 5. The monoisotopic (exact) mass is 511 g/mol. The first-order chi connectivity index (χ1) is 17.8. The van der Waals surface area contributed by atoms with Crippen molar-refractivity contribution in [2.45, 2.75) is 44.9 Å². The number of carbonyl (C=O) groups excluding carboxylic acids is 1.